The third-order valence-electron chi connectivity index (χ3n) is 5.40. The van der Waals surface area contributed by atoms with E-state index in [0.717, 1.165) is 31.5 Å². The molecule has 1 aromatic rings. The van der Waals surface area contributed by atoms with Crippen LogP contribution in [0.25, 0.3) is 5.57 Å². The fraction of sp³-hybridized carbons (Fsp3) is 0.611. The van der Waals surface area contributed by atoms with Crippen LogP contribution in [0.1, 0.15) is 46.1 Å². The first-order valence-electron chi connectivity index (χ1n) is 8.68. The average Bonchev–Trinajstić information content (AvgIpc) is 2.78. The third kappa shape index (κ3) is 3.28. The van der Waals surface area contributed by atoms with Crippen molar-refractivity contribution >= 4 is 12.7 Å². The molecule has 0 spiro atoms. The zero-order valence-corrected chi connectivity index (χ0v) is 14.9. The van der Waals surface area contributed by atoms with Crippen LogP contribution in [0.2, 0.25) is 0 Å². The predicted octanol–water partition coefficient (Wildman–Crippen LogP) is 3.39. The second-order valence-corrected chi connectivity index (χ2v) is 7.63. The molecule has 2 fully saturated rings. The zero-order chi connectivity index (χ0) is 17.4. The van der Waals surface area contributed by atoms with E-state index in [1.54, 1.807) is 12.4 Å². The van der Waals surface area contributed by atoms with Gasteiger partial charge in [0.05, 0.1) is 11.2 Å². The number of rotatable bonds is 3. The summed E-state index contributed by atoms with van der Waals surface area (Å²) in [5.41, 5.74) is 0.0299. The van der Waals surface area contributed by atoms with Gasteiger partial charge in [-0.15, -0.1) is 0 Å². The second kappa shape index (κ2) is 6.58. The molecule has 4 nitrogen and oxygen atoms in total. The number of nitrogens with zero attached hydrogens (tertiary/aromatic N) is 1. The lowest BCUT2D eigenvalue weighted by Crippen LogP contribution is -2.41. The first-order chi connectivity index (χ1) is 11.3. The predicted molar refractivity (Wildman–Crippen MR) is 93.9 cm³/mol. The van der Waals surface area contributed by atoms with Crippen molar-refractivity contribution < 1.29 is 13.7 Å². The van der Waals surface area contributed by atoms with E-state index in [-0.39, 0.29) is 11.6 Å². The topological polar surface area (TPSA) is 43.4 Å². The maximum absolute atomic E-state index is 15.5. The summed E-state index contributed by atoms with van der Waals surface area (Å²) in [6, 6.07) is 3.74. The van der Waals surface area contributed by atoms with Gasteiger partial charge < -0.3 is 14.6 Å². The maximum Gasteiger partial charge on any atom is 0.525 e. The Balaban J connectivity index is 1.99. The summed E-state index contributed by atoms with van der Waals surface area (Å²) in [4.78, 5) is 4.16. The molecule has 1 atom stereocenters. The van der Waals surface area contributed by atoms with Crippen LogP contribution >= 0.6 is 0 Å². The Morgan fingerprint density at radius 2 is 2.00 bits per heavy atom. The highest BCUT2D eigenvalue weighted by atomic mass is 19.1. The normalized spacial score (nSPS) is 27.0. The minimum absolute atomic E-state index is 0.0991. The molecule has 0 radical (unpaired) electrons. The smallest absolute Gasteiger partial charge is 0.398 e. The van der Waals surface area contributed by atoms with E-state index in [4.69, 9.17) is 9.31 Å². The number of hydrogen-bond acceptors (Lipinski definition) is 4. The van der Waals surface area contributed by atoms with E-state index in [1.807, 2.05) is 39.8 Å². The van der Waals surface area contributed by atoms with E-state index in [1.165, 1.54) is 0 Å². The lowest BCUT2D eigenvalue weighted by molar-refractivity contribution is 0.00578. The van der Waals surface area contributed by atoms with E-state index in [0.29, 0.717) is 5.57 Å². The molecule has 24 heavy (non-hydrogen) atoms. The number of pyridine rings is 1. The van der Waals surface area contributed by atoms with Crippen LogP contribution in [0.15, 0.2) is 30.3 Å². The molecule has 0 saturated carbocycles. The highest BCUT2D eigenvalue weighted by molar-refractivity contribution is 6.55. The van der Waals surface area contributed by atoms with Crippen molar-refractivity contribution in [2.45, 2.75) is 51.7 Å². The largest absolute Gasteiger partial charge is 0.525 e. The van der Waals surface area contributed by atoms with Crippen molar-refractivity contribution in [3.8, 4) is 0 Å². The highest BCUT2D eigenvalue weighted by Crippen LogP contribution is 2.42. The Kier molecular flexibility index (Phi) is 4.82. The standard InChI is InChI=1S/C18H26BFN2O2/c1-17(2)18(3,4)24-19(23-17)16(20)15(13-7-5-9-21-11-13)14-8-6-10-22-12-14/h5,7,9,11,14,22H,6,8,10,12H2,1-4H3. The summed E-state index contributed by atoms with van der Waals surface area (Å²) in [5, 5.41) is 3.36. The fourth-order valence-corrected chi connectivity index (χ4v) is 3.26. The van der Waals surface area contributed by atoms with Gasteiger partial charge in [-0.3, -0.25) is 4.98 Å². The summed E-state index contributed by atoms with van der Waals surface area (Å²) < 4.78 is 27.3. The molecule has 3 rings (SSSR count). The van der Waals surface area contributed by atoms with Crippen LogP contribution in [-0.4, -0.2) is 36.4 Å². The Bertz CT molecular complexity index is 597. The van der Waals surface area contributed by atoms with Crippen molar-refractivity contribution in [1.29, 1.82) is 0 Å². The van der Waals surface area contributed by atoms with Crippen LogP contribution in [0, 0.1) is 5.92 Å². The highest BCUT2D eigenvalue weighted by Gasteiger charge is 2.53. The van der Waals surface area contributed by atoms with Gasteiger partial charge in [-0.05, 0) is 70.2 Å². The van der Waals surface area contributed by atoms with Crippen LogP contribution < -0.4 is 5.32 Å². The minimum atomic E-state index is -0.966. The second-order valence-electron chi connectivity index (χ2n) is 7.63. The fourth-order valence-electron chi connectivity index (χ4n) is 3.26. The average molecular weight is 332 g/mol. The molecule has 0 amide bonds. The molecule has 1 unspecified atom stereocenters. The molecule has 130 valence electrons. The number of nitrogens with one attached hydrogen (secondary N) is 1. The summed E-state index contributed by atoms with van der Waals surface area (Å²) in [6.07, 6.45) is 5.40. The Labute approximate surface area is 144 Å². The molecule has 6 heteroatoms. The van der Waals surface area contributed by atoms with Crippen molar-refractivity contribution in [2.24, 2.45) is 5.92 Å². The molecule has 0 aliphatic carbocycles. The Hall–Kier alpha value is -1.24. The van der Waals surface area contributed by atoms with Gasteiger partial charge in [-0.2, -0.15) is 0 Å². The maximum atomic E-state index is 15.5. The SMILES string of the molecule is CC1(C)OB(C(F)=C(c2cccnc2)C2CCCNC2)OC1(C)C. The lowest BCUT2D eigenvalue weighted by atomic mass is 9.77. The molecule has 2 aliphatic rings. The molecule has 1 N–H and O–H groups in total. The van der Waals surface area contributed by atoms with Crippen molar-refractivity contribution in [1.82, 2.24) is 10.3 Å². The molecule has 2 aliphatic heterocycles. The van der Waals surface area contributed by atoms with Crippen LogP contribution in [0.3, 0.4) is 0 Å². The van der Waals surface area contributed by atoms with E-state index >= 15 is 4.39 Å². The van der Waals surface area contributed by atoms with Gasteiger partial charge in [-0.25, -0.2) is 4.39 Å². The number of piperidine rings is 1. The van der Waals surface area contributed by atoms with Crippen molar-refractivity contribution in [3.05, 3.63) is 35.8 Å². The third-order valence-corrected chi connectivity index (χ3v) is 5.40. The van der Waals surface area contributed by atoms with Gasteiger partial charge in [0.25, 0.3) is 0 Å². The van der Waals surface area contributed by atoms with Crippen molar-refractivity contribution in [2.75, 3.05) is 13.1 Å². The van der Waals surface area contributed by atoms with Crippen LogP contribution in [0.5, 0.6) is 0 Å². The summed E-state index contributed by atoms with van der Waals surface area (Å²) >= 11 is 0. The molecular formula is C18H26BFN2O2. The first-order valence-corrected chi connectivity index (χ1v) is 8.68. The monoisotopic (exact) mass is 332 g/mol. The molecule has 3 heterocycles. The van der Waals surface area contributed by atoms with E-state index < -0.39 is 18.3 Å². The molecular weight excluding hydrogens is 306 g/mol. The van der Waals surface area contributed by atoms with Crippen LogP contribution in [-0.2, 0) is 9.31 Å². The molecule has 2 saturated heterocycles. The lowest BCUT2D eigenvalue weighted by Gasteiger charge is -2.32. The van der Waals surface area contributed by atoms with E-state index in [9.17, 15) is 0 Å². The number of hydrogen-bond donors (Lipinski definition) is 1. The number of halogens is 1. The number of aromatic nitrogens is 1. The summed E-state index contributed by atoms with van der Waals surface area (Å²) in [5.74, 6) is 0.0991. The minimum Gasteiger partial charge on any atom is -0.398 e. The molecule has 0 aromatic carbocycles. The van der Waals surface area contributed by atoms with Gasteiger partial charge in [0.2, 0.25) is 0 Å². The zero-order valence-electron chi connectivity index (χ0n) is 14.9. The van der Waals surface area contributed by atoms with E-state index in [2.05, 4.69) is 10.3 Å². The first kappa shape index (κ1) is 17.6. The summed E-state index contributed by atoms with van der Waals surface area (Å²) in [6.45, 7) is 9.49. The van der Waals surface area contributed by atoms with Gasteiger partial charge in [-0.1, -0.05) is 6.07 Å². The Morgan fingerprint density at radius 3 is 2.54 bits per heavy atom. The summed E-state index contributed by atoms with van der Waals surface area (Å²) in [7, 11) is -0.966. The quantitative estimate of drug-likeness (QED) is 0.862. The van der Waals surface area contributed by atoms with Gasteiger partial charge >= 0.3 is 7.12 Å². The molecule has 1 aromatic heterocycles. The van der Waals surface area contributed by atoms with Gasteiger partial charge in [0, 0.05) is 18.9 Å². The van der Waals surface area contributed by atoms with Gasteiger partial charge in [0.1, 0.15) is 5.73 Å². The molecule has 0 bridgehead atoms. The van der Waals surface area contributed by atoms with Gasteiger partial charge in [0.15, 0.2) is 0 Å². The van der Waals surface area contributed by atoms with Crippen LogP contribution in [0.4, 0.5) is 4.39 Å². The van der Waals surface area contributed by atoms with Crippen molar-refractivity contribution in [3.63, 3.8) is 0 Å². The Morgan fingerprint density at radius 1 is 1.29 bits per heavy atom.